The number of halogens is 1. The van der Waals surface area contributed by atoms with Gasteiger partial charge in [-0.25, -0.2) is 0 Å². The van der Waals surface area contributed by atoms with Gasteiger partial charge in [0.2, 0.25) is 0 Å². The average Bonchev–Trinajstić information content (AvgIpc) is 2.74. The van der Waals surface area contributed by atoms with Crippen molar-refractivity contribution in [2.24, 2.45) is 0 Å². The number of para-hydroxylation sites is 1. The molecule has 0 fully saturated rings. The van der Waals surface area contributed by atoms with Gasteiger partial charge in [-0.3, -0.25) is 9.59 Å². The smallest absolute Gasteiger partial charge is 0.299 e. The van der Waals surface area contributed by atoms with Crippen LogP contribution in [0.2, 0.25) is 5.02 Å². The zero-order valence-electron chi connectivity index (χ0n) is 11.3. The first kappa shape index (κ1) is 13.6. The van der Waals surface area contributed by atoms with Crippen LogP contribution in [0.1, 0.15) is 15.9 Å². The van der Waals surface area contributed by atoms with Crippen molar-refractivity contribution in [3.63, 3.8) is 0 Å². The zero-order chi connectivity index (χ0) is 15.0. The van der Waals surface area contributed by atoms with Crippen molar-refractivity contribution in [2.75, 3.05) is 12.0 Å². The second kappa shape index (κ2) is 5.22. The number of ketones is 1. The fourth-order valence-electron chi connectivity index (χ4n) is 2.46. The highest BCUT2D eigenvalue weighted by Gasteiger charge is 2.37. The van der Waals surface area contributed by atoms with E-state index in [4.69, 9.17) is 16.3 Å². The first-order valence-electron chi connectivity index (χ1n) is 6.40. The molecule has 0 saturated heterocycles. The molecule has 0 N–H and O–H groups in total. The molecule has 0 spiro atoms. The number of hydrogen-bond acceptors (Lipinski definition) is 3. The van der Waals surface area contributed by atoms with Gasteiger partial charge in [0, 0.05) is 5.56 Å². The summed E-state index contributed by atoms with van der Waals surface area (Å²) in [6.07, 6.45) is 0. The first-order chi connectivity index (χ1) is 10.1. The Labute approximate surface area is 126 Å². The maximum atomic E-state index is 12.2. The number of nitrogens with zero attached hydrogens (tertiary/aromatic N) is 1. The molecule has 2 aromatic rings. The number of hydrogen-bond donors (Lipinski definition) is 0. The summed E-state index contributed by atoms with van der Waals surface area (Å²) in [7, 11) is 1.57. The Bertz CT molecular complexity index is 742. The predicted octanol–water partition coefficient (Wildman–Crippen LogP) is 3.08. The third kappa shape index (κ3) is 2.17. The normalized spacial score (nSPS) is 13.5. The van der Waals surface area contributed by atoms with Crippen molar-refractivity contribution < 1.29 is 14.3 Å². The molecule has 1 heterocycles. The summed E-state index contributed by atoms with van der Waals surface area (Å²) in [6.45, 7) is 0.266. The molecular formula is C16H12ClNO3. The van der Waals surface area contributed by atoms with Crippen LogP contribution >= 0.6 is 11.6 Å². The lowest BCUT2D eigenvalue weighted by Crippen LogP contribution is -2.29. The second-order valence-electron chi connectivity index (χ2n) is 4.67. The Morgan fingerprint density at radius 1 is 1.10 bits per heavy atom. The van der Waals surface area contributed by atoms with E-state index in [-0.39, 0.29) is 12.1 Å². The highest BCUT2D eigenvalue weighted by Crippen LogP contribution is 2.35. The van der Waals surface area contributed by atoms with Gasteiger partial charge in [0.1, 0.15) is 5.75 Å². The number of benzene rings is 2. The van der Waals surface area contributed by atoms with Crippen LogP contribution in [0.5, 0.6) is 5.75 Å². The molecule has 0 bridgehead atoms. The third-order valence-electron chi connectivity index (χ3n) is 3.47. The van der Waals surface area contributed by atoms with Crippen LogP contribution in [0.3, 0.4) is 0 Å². The van der Waals surface area contributed by atoms with Gasteiger partial charge in [0.25, 0.3) is 11.7 Å². The lowest BCUT2D eigenvalue weighted by Gasteiger charge is -2.18. The van der Waals surface area contributed by atoms with Gasteiger partial charge in [0.05, 0.1) is 29.9 Å². The summed E-state index contributed by atoms with van der Waals surface area (Å²) < 4.78 is 5.28. The van der Waals surface area contributed by atoms with Gasteiger partial charge < -0.3 is 9.64 Å². The summed E-state index contributed by atoms with van der Waals surface area (Å²) in [5.74, 6) is -0.456. The van der Waals surface area contributed by atoms with E-state index in [9.17, 15) is 9.59 Å². The number of anilines is 1. The number of ether oxygens (including phenoxy) is 1. The summed E-state index contributed by atoms with van der Waals surface area (Å²) in [5.41, 5.74) is 1.65. The predicted molar refractivity (Wildman–Crippen MR) is 80.0 cm³/mol. The number of Topliss-reactive ketones (excluding diaryl/α,β-unsaturated/α-hetero) is 1. The topological polar surface area (TPSA) is 46.6 Å². The molecule has 0 radical (unpaired) electrons. The molecule has 0 saturated carbocycles. The summed E-state index contributed by atoms with van der Waals surface area (Å²) in [6, 6.07) is 12.4. The van der Waals surface area contributed by atoms with E-state index >= 15 is 0 Å². The minimum atomic E-state index is -0.566. The molecule has 0 unspecified atom stereocenters. The Hall–Kier alpha value is -2.33. The number of fused-ring (bicyclic) bond motifs is 1. The number of rotatable bonds is 3. The van der Waals surface area contributed by atoms with Gasteiger partial charge in [-0.05, 0) is 18.2 Å². The Kier molecular flexibility index (Phi) is 3.39. The Balaban J connectivity index is 2.03. The van der Waals surface area contributed by atoms with Crippen molar-refractivity contribution in [3.8, 4) is 5.75 Å². The largest absolute Gasteiger partial charge is 0.496 e. The van der Waals surface area contributed by atoms with E-state index in [1.54, 1.807) is 25.3 Å². The van der Waals surface area contributed by atoms with Crippen molar-refractivity contribution in [1.29, 1.82) is 0 Å². The van der Waals surface area contributed by atoms with E-state index in [2.05, 4.69) is 0 Å². The molecule has 0 aromatic heterocycles. The third-order valence-corrected chi connectivity index (χ3v) is 3.78. The second-order valence-corrected chi connectivity index (χ2v) is 5.07. The van der Waals surface area contributed by atoms with Crippen molar-refractivity contribution in [2.45, 2.75) is 6.54 Å². The Morgan fingerprint density at radius 2 is 1.86 bits per heavy atom. The maximum absolute atomic E-state index is 12.2. The van der Waals surface area contributed by atoms with Crippen LogP contribution in [0.15, 0.2) is 42.5 Å². The van der Waals surface area contributed by atoms with E-state index in [0.717, 1.165) is 5.56 Å². The lowest BCUT2D eigenvalue weighted by atomic mass is 10.1. The molecule has 106 valence electrons. The fraction of sp³-hybridized carbons (Fsp3) is 0.125. The molecule has 0 atom stereocenters. The van der Waals surface area contributed by atoms with Crippen molar-refractivity contribution in [3.05, 3.63) is 58.6 Å². The van der Waals surface area contributed by atoms with Crippen LogP contribution in [0, 0.1) is 0 Å². The average molecular weight is 302 g/mol. The monoisotopic (exact) mass is 301 g/mol. The highest BCUT2D eigenvalue weighted by molar-refractivity contribution is 6.55. The minimum Gasteiger partial charge on any atom is -0.496 e. The molecule has 21 heavy (non-hydrogen) atoms. The molecular weight excluding hydrogens is 290 g/mol. The lowest BCUT2D eigenvalue weighted by molar-refractivity contribution is -0.114. The number of methoxy groups -OCH3 is 1. The van der Waals surface area contributed by atoms with Gasteiger partial charge in [-0.1, -0.05) is 35.9 Å². The quantitative estimate of drug-likeness (QED) is 0.819. The molecule has 1 aliphatic rings. The highest BCUT2D eigenvalue weighted by atomic mass is 35.5. The van der Waals surface area contributed by atoms with Crippen LogP contribution in [0.4, 0.5) is 5.69 Å². The number of amides is 1. The van der Waals surface area contributed by atoms with Gasteiger partial charge in [-0.15, -0.1) is 0 Å². The summed E-state index contributed by atoms with van der Waals surface area (Å²) in [4.78, 5) is 25.7. The van der Waals surface area contributed by atoms with Crippen LogP contribution in [0.25, 0.3) is 0 Å². The van der Waals surface area contributed by atoms with E-state index in [1.807, 2.05) is 24.3 Å². The van der Waals surface area contributed by atoms with Crippen LogP contribution in [-0.4, -0.2) is 18.8 Å². The number of carbonyl (C=O) groups excluding carboxylic acids is 2. The standard InChI is InChI=1S/C16H12ClNO3/c1-21-13-8-3-2-5-10(13)9-18-12-7-4-6-11(17)14(12)15(19)16(18)20/h2-8H,9H2,1H3. The molecule has 0 aliphatic carbocycles. The molecule has 1 amide bonds. The SMILES string of the molecule is COc1ccccc1CN1C(=O)C(=O)c2c(Cl)cccc21. The van der Waals surface area contributed by atoms with Crippen LogP contribution < -0.4 is 9.64 Å². The van der Waals surface area contributed by atoms with Gasteiger partial charge in [-0.2, -0.15) is 0 Å². The summed E-state index contributed by atoms with van der Waals surface area (Å²) in [5, 5.41) is 0.299. The van der Waals surface area contributed by atoms with Crippen LogP contribution in [-0.2, 0) is 11.3 Å². The van der Waals surface area contributed by atoms with Crippen molar-refractivity contribution in [1.82, 2.24) is 0 Å². The van der Waals surface area contributed by atoms with Gasteiger partial charge >= 0.3 is 0 Å². The molecule has 3 rings (SSSR count). The van der Waals surface area contributed by atoms with Crippen molar-refractivity contribution >= 4 is 29.0 Å². The minimum absolute atomic E-state index is 0.266. The molecule has 2 aromatic carbocycles. The van der Waals surface area contributed by atoms with E-state index < -0.39 is 11.7 Å². The maximum Gasteiger partial charge on any atom is 0.299 e. The van der Waals surface area contributed by atoms with Gasteiger partial charge in [0.15, 0.2) is 0 Å². The molecule has 1 aliphatic heterocycles. The molecule has 4 nitrogen and oxygen atoms in total. The Morgan fingerprint density at radius 3 is 2.62 bits per heavy atom. The fourth-order valence-corrected chi connectivity index (χ4v) is 2.72. The van der Waals surface area contributed by atoms with E-state index in [0.29, 0.717) is 16.5 Å². The number of carbonyl (C=O) groups is 2. The zero-order valence-corrected chi connectivity index (χ0v) is 12.1. The molecule has 5 heteroatoms. The summed E-state index contributed by atoms with van der Waals surface area (Å²) >= 11 is 6.03. The first-order valence-corrected chi connectivity index (χ1v) is 6.78. The van der Waals surface area contributed by atoms with E-state index in [1.165, 1.54) is 4.90 Å².